The molecule has 6 nitrogen and oxygen atoms in total. The average Bonchev–Trinajstić information content (AvgIpc) is 2.88. The highest BCUT2D eigenvalue weighted by molar-refractivity contribution is 6.35. The molecule has 0 aliphatic rings. The number of hydrogen-bond acceptors (Lipinski definition) is 5. The molecular weight excluding hydrogens is 264 g/mol. The van der Waals surface area contributed by atoms with Gasteiger partial charge >= 0.3 is 0 Å². The van der Waals surface area contributed by atoms with Crippen molar-refractivity contribution in [2.45, 2.75) is 6.54 Å². The summed E-state index contributed by atoms with van der Waals surface area (Å²) in [5, 5.41) is 16.3. The Labute approximate surface area is 114 Å². The van der Waals surface area contributed by atoms with Crippen LogP contribution in [0.3, 0.4) is 0 Å². The molecule has 3 aromatic rings. The molecule has 19 heavy (non-hydrogen) atoms. The number of tetrazole rings is 1. The molecule has 0 saturated carbocycles. The molecule has 0 fully saturated rings. The number of hydrogen-bond donors (Lipinski definition) is 1. The van der Waals surface area contributed by atoms with Gasteiger partial charge in [-0.3, -0.25) is 4.98 Å². The summed E-state index contributed by atoms with van der Waals surface area (Å²) in [5.74, 6) is 0.719. The van der Waals surface area contributed by atoms with Gasteiger partial charge in [0, 0.05) is 11.6 Å². The van der Waals surface area contributed by atoms with Crippen LogP contribution in [0.1, 0.15) is 5.82 Å². The van der Waals surface area contributed by atoms with E-state index in [1.165, 1.54) is 0 Å². The van der Waals surface area contributed by atoms with Crippen molar-refractivity contribution in [2.24, 2.45) is 0 Å². The van der Waals surface area contributed by atoms with E-state index in [1.807, 2.05) is 31.3 Å². The van der Waals surface area contributed by atoms with Crippen LogP contribution in [0.4, 0.5) is 0 Å². The van der Waals surface area contributed by atoms with Gasteiger partial charge in [-0.2, -0.15) is 4.68 Å². The Morgan fingerprint density at radius 1 is 1.32 bits per heavy atom. The lowest BCUT2D eigenvalue weighted by atomic mass is 10.2. The van der Waals surface area contributed by atoms with Crippen LogP contribution in [0.25, 0.3) is 16.6 Å². The van der Waals surface area contributed by atoms with Crippen LogP contribution in [-0.4, -0.2) is 32.2 Å². The van der Waals surface area contributed by atoms with Crippen molar-refractivity contribution in [3.05, 3.63) is 41.3 Å². The van der Waals surface area contributed by atoms with Crippen LogP contribution in [0, 0.1) is 0 Å². The van der Waals surface area contributed by atoms with Crippen LogP contribution in [0.2, 0.25) is 5.02 Å². The van der Waals surface area contributed by atoms with E-state index in [1.54, 1.807) is 10.9 Å². The van der Waals surface area contributed by atoms with Crippen LogP contribution < -0.4 is 5.32 Å². The lowest BCUT2D eigenvalue weighted by Crippen LogP contribution is -2.12. The molecule has 0 aliphatic carbocycles. The normalized spacial score (nSPS) is 11.1. The molecule has 0 unspecified atom stereocenters. The monoisotopic (exact) mass is 274 g/mol. The fourth-order valence-electron chi connectivity index (χ4n) is 1.96. The summed E-state index contributed by atoms with van der Waals surface area (Å²) in [5.41, 5.74) is 1.59. The number of nitrogens with one attached hydrogen (secondary N) is 1. The summed E-state index contributed by atoms with van der Waals surface area (Å²) < 4.78 is 1.67. The topological polar surface area (TPSA) is 68.5 Å². The Balaban J connectivity index is 2.25. The van der Waals surface area contributed by atoms with E-state index < -0.39 is 0 Å². The molecule has 2 aromatic heterocycles. The van der Waals surface area contributed by atoms with Gasteiger partial charge in [-0.25, -0.2) is 0 Å². The quantitative estimate of drug-likeness (QED) is 0.785. The van der Waals surface area contributed by atoms with Crippen LogP contribution in [0.15, 0.2) is 30.5 Å². The highest BCUT2D eigenvalue weighted by atomic mass is 35.5. The first kappa shape index (κ1) is 12.0. The van der Waals surface area contributed by atoms with Gasteiger partial charge in [0.15, 0.2) is 5.82 Å². The first-order valence-electron chi connectivity index (χ1n) is 5.76. The maximum absolute atomic E-state index is 6.18. The van der Waals surface area contributed by atoms with Crippen molar-refractivity contribution in [1.82, 2.24) is 30.5 Å². The minimum absolute atomic E-state index is 0.573. The molecule has 0 spiro atoms. The highest BCUT2D eigenvalue weighted by Crippen LogP contribution is 2.26. The maximum atomic E-state index is 6.18. The van der Waals surface area contributed by atoms with Gasteiger partial charge in [0.1, 0.15) is 0 Å². The van der Waals surface area contributed by atoms with E-state index in [4.69, 9.17) is 11.6 Å². The fraction of sp³-hybridized carbons (Fsp3) is 0.167. The van der Waals surface area contributed by atoms with Gasteiger partial charge in [-0.05, 0) is 41.7 Å². The molecule has 0 saturated heterocycles. The molecule has 7 heteroatoms. The molecule has 1 N–H and O–H groups in total. The van der Waals surface area contributed by atoms with Crippen molar-refractivity contribution >= 4 is 22.5 Å². The lowest BCUT2D eigenvalue weighted by molar-refractivity contribution is 0.710. The van der Waals surface area contributed by atoms with Crippen LogP contribution >= 0.6 is 11.6 Å². The largest absolute Gasteiger partial charge is 0.313 e. The van der Waals surface area contributed by atoms with Gasteiger partial charge < -0.3 is 5.32 Å². The number of rotatable bonds is 3. The minimum Gasteiger partial charge on any atom is -0.313 e. The Morgan fingerprint density at radius 2 is 2.21 bits per heavy atom. The van der Waals surface area contributed by atoms with Gasteiger partial charge in [-0.15, -0.1) is 5.10 Å². The molecule has 2 heterocycles. The van der Waals surface area contributed by atoms with Gasteiger partial charge in [-0.1, -0.05) is 11.6 Å². The third-order valence-electron chi connectivity index (χ3n) is 2.79. The zero-order chi connectivity index (χ0) is 13.2. The van der Waals surface area contributed by atoms with Crippen LogP contribution in [0.5, 0.6) is 0 Å². The van der Waals surface area contributed by atoms with Crippen molar-refractivity contribution in [3.63, 3.8) is 0 Å². The predicted molar refractivity (Wildman–Crippen MR) is 72.2 cm³/mol. The lowest BCUT2D eigenvalue weighted by Gasteiger charge is -2.08. The second-order valence-corrected chi connectivity index (χ2v) is 4.41. The Kier molecular flexibility index (Phi) is 3.10. The second kappa shape index (κ2) is 4.91. The number of nitrogens with zero attached hydrogens (tertiary/aromatic N) is 5. The van der Waals surface area contributed by atoms with Crippen molar-refractivity contribution < 1.29 is 0 Å². The number of pyridine rings is 1. The zero-order valence-electron chi connectivity index (χ0n) is 10.2. The molecule has 0 radical (unpaired) electrons. The number of fused-ring (bicyclic) bond motifs is 1. The van der Waals surface area contributed by atoms with Gasteiger partial charge in [0.25, 0.3) is 0 Å². The molecule has 96 valence electrons. The average molecular weight is 275 g/mol. The molecule has 0 bridgehead atoms. The SMILES string of the molecule is CNCc1nnnn1-c1ccc(Cl)c2cccnc12. The molecular formula is C12H11ClN6. The number of aromatic nitrogens is 5. The van der Waals surface area contributed by atoms with Gasteiger partial charge in [0.05, 0.1) is 22.8 Å². The van der Waals surface area contributed by atoms with E-state index in [9.17, 15) is 0 Å². The summed E-state index contributed by atoms with van der Waals surface area (Å²) in [7, 11) is 1.84. The highest BCUT2D eigenvalue weighted by Gasteiger charge is 2.12. The number of halogens is 1. The Hall–Kier alpha value is -2.05. The summed E-state index contributed by atoms with van der Waals surface area (Å²) >= 11 is 6.18. The zero-order valence-corrected chi connectivity index (χ0v) is 11.0. The van der Waals surface area contributed by atoms with E-state index in [2.05, 4.69) is 25.8 Å². The fourth-order valence-corrected chi connectivity index (χ4v) is 2.17. The predicted octanol–water partition coefficient (Wildman–Crippen LogP) is 1.58. The van der Waals surface area contributed by atoms with E-state index >= 15 is 0 Å². The third kappa shape index (κ3) is 2.05. The van der Waals surface area contributed by atoms with E-state index in [0.717, 1.165) is 22.4 Å². The third-order valence-corrected chi connectivity index (χ3v) is 3.12. The molecule has 3 rings (SSSR count). The standard InChI is InChI=1S/C12H11ClN6/c1-14-7-11-16-17-18-19(11)10-5-4-9(13)8-3-2-6-15-12(8)10/h2-6,14H,7H2,1H3. The first-order valence-corrected chi connectivity index (χ1v) is 6.14. The van der Waals surface area contributed by atoms with Crippen molar-refractivity contribution in [2.75, 3.05) is 7.05 Å². The minimum atomic E-state index is 0.573. The smallest absolute Gasteiger partial charge is 0.170 e. The Bertz CT molecular complexity index is 723. The summed E-state index contributed by atoms with van der Waals surface area (Å²) in [6.45, 7) is 0.573. The molecule has 0 aliphatic heterocycles. The molecule has 0 amide bonds. The van der Waals surface area contributed by atoms with Crippen molar-refractivity contribution in [1.29, 1.82) is 0 Å². The van der Waals surface area contributed by atoms with Crippen LogP contribution in [-0.2, 0) is 6.54 Å². The first-order chi connectivity index (χ1) is 9.31. The second-order valence-electron chi connectivity index (χ2n) is 4.00. The van der Waals surface area contributed by atoms with E-state index in [0.29, 0.717) is 11.6 Å². The summed E-state index contributed by atoms with van der Waals surface area (Å²) in [6.07, 6.45) is 1.73. The number of benzene rings is 1. The molecule has 1 aromatic carbocycles. The van der Waals surface area contributed by atoms with E-state index in [-0.39, 0.29) is 0 Å². The van der Waals surface area contributed by atoms with Crippen molar-refractivity contribution in [3.8, 4) is 5.69 Å². The Morgan fingerprint density at radius 3 is 3.05 bits per heavy atom. The summed E-state index contributed by atoms with van der Waals surface area (Å²) in [6, 6.07) is 7.47. The maximum Gasteiger partial charge on any atom is 0.170 e. The van der Waals surface area contributed by atoms with Gasteiger partial charge in [0.2, 0.25) is 0 Å². The molecule has 0 atom stereocenters. The summed E-state index contributed by atoms with van der Waals surface area (Å²) in [4.78, 5) is 4.38.